The van der Waals surface area contributed by atoms with Gasteiger partial charge in [0.1, 0.15) is 17.2 Å². The van der Waals surface area contributed by atoms with Crippen LogP contribution >= 0.6 is 11.3 Å². The zero-order chi connectivity index (χ0) is 16.5. The molecule has 0 aliphatic heterocycles. The standard InChI is InChI=1S/C18H12FN3OS/c19-12-6-1-2-7-13(12)21-18(23)11-5-3-8-14-16(11)22-17(20-14)15-9-4-10-24-15/h1-10H,(H,20,22)(H,21,23). The molecule has 0 saturated heterocycles. The number of amides is 1. The molecule has 4 rings (SSSR count). The molecule has 4 aromatic rings. The number of carbonyl (C=O) groups is 1. The van der Waals surface area contributed by atoms with Crippen LogP contribution < -0.4 is 5.32 Å². The third-order valence-corrected chi connectivity index (χ3v) is 4.51. The zero-order valence-corrected chi connectivity index (χ0v) is 13.2. The molecular formula is C18H12FN3OS. The molecule has 0 unspecified atom stereocenters. The second kappa shape index (κ2) is 5.90. The number of nitrogens with zero attached hydrogens (tertiary/aromatic N) is 1. The van der Waals surface area contributed by atoms with Gasteiger partial charge >= 0.3 is 0 Å². The number of hydrogen-bond acceptors (Lipinski definition) is 3. The molecule has 0 radical (unpaired) electrons. The van der Waals surface area contributed by atoms with E-state index in [1.54, 1.807) is 35.6 Å². The molecule has 0 aliphatic rings. The van der Waals surface area contributed by atoms with Crippen molar-refractivity contribution in [2.45, 2.75) is 0 Å². The minimum atomic E-state index is -0.473. The van der Waals surface area contributed by atoms with Crippen molar-refractivity contribution in [3.63, 3.8) is 0 Å². The van der Waals surface area contributed by atoms with E-state index in [0.29, 0.717) is 16.9 Å². The van der Waals surface area contributed by atoms with E-state index < -0.39 is 11.7 Å². The highest BCUT2D eigenvalue weighted by Gasteiger charge is 2.16. The van der Waals surface area contributed by atoms with Crippen LogP contribution in [0.5, 0.6) is 0 Å². The van der Waals surface area contributed by atoms with E-state index in [-0.39, 0.29) is 5.69 Å². The summed E-state index contributed by atoms with van der Waals surface area (Å²) in [5.74, 6) is -0.152. The van der Waals surface area contributed by atoms with E-state index >= 15 is 0 Å². The maximum Gasteiger partial charge on any atom is 0.258 e. The van der Waals surface area contributed by atoms with Gasteiger partial charge in [-0.1, -0.05) is 24.3 Å². The number of anilines is 1. The molecule has 2 aromatic carbocycles. The molecule has 0 saturated carbocycles. The molecule has 2 heterocycles. The van der Waals surface area contributed by atoms with Gasteiger partial charge in [0.05, 0.1) is 21.6 Å². The Morgan fingerprint density at radius 2 is 1.96 bits per heavy atom. The second-order valence-electron chi connectivity index (χ2n) is 5.20. The maximum absolute atomic E-state index is 13.7. The first kappa shape index (κ1) is 14.6. The molecule has 0 spiro atoms. The van der Waals surface area contributed by atoms with Crippen molar-refractivity contribution in [3.05, 3.63) is 71.4 Å². The lowest BCUT2D eigenvalue weighted by atomic mass is 10.1. The lowest BCUT2D eigenvalue weighted by Gasteiger charge is -2.06. The van der Waals surface area contributed by atoms with Crippen LogP contribution in [0, 0.1) is 5.82 Å². The van der Waals surface area contributed by atoms with Crippen LogP contribution in [0.25, 0.3) is 21.7 Å². The molecule has 1 amide bonds. The van der Waals surface area contributed by atoms with Gasteiger partial charge in [0.15, 0.2) is 0 Å². The molecule has 2 N–H and O–H groups in total. The first-order valence-corrected chi connectivity index (χ1v) is 8.19. The molecule has 118 valence electrons. The minimum absolute atomic E-state index is 0.147. The maximum atomic E-state index is 13.7. The second-order valence-corrected chi connectivity index (χ2v) is 6.15. The van der Waals surface area contributed by atoms with Gasteiger partial charge in [0.2, 0.25) is 0 Å². The summed E-state index contributed by atoms with van der Waals surface area (Å²) < 4.78 is 13.7. The molecule has 0 atom stereocenters. The van der Waals surface area contributed by atoms with Crippen LogP contribution in [0.1, 0.15) is 10.4 Å². The van der Waals surface area contributed by atoms with E-state index in [1.807, 2.05) is 23.6 Å². The fourth-order valence-corrected chi connectivity index (χ4v) is 3.17. The van der Waals surface area contributed by atoms with Gasteiger partial charge in [0.25, 0.3) is 5.91 Å². The van der Waals surface area contributed by atoms with Crippen molar-refractivity contribution < 1.29 is 9.18 Å². The predicted molar refractivity (Wildman–Crippen MR) is 93.8 cm³/mol. The summed E-state index contributed by atoms with van der Waals surface area (Å²) >= 11 is 1.57. The number of nitrogens with one attached hydrogen (secondary N) is 2. The van der Waals surface area contributed by atoms with Crippen molar-refractivity contribution in [1.29, 1.82) is 0 Å². The smallest absolute Gasteiger partial charge is 0.258 e. The summed E-state index contributed by atoms with van der Waals surface area (Å²) in [6.45, 7) is 0. The molecule has 6 heteroatoms. The SMILES string of the molecule is O=C(Nc1ccccc1F)c1cccc2[nH]c(-c3cccs3)nc12. The quantitative estimate of drug-likeness (QED) is 0.570. The summed E-state index contributed by atoms with van der Waals surface area (Å²) in [5, 5.41) is 4.56. The summed E-state index contributed by atoms with van der Waals surface area (Å²) in [5.41, 5.74) is 1.87. The van der Waals surface area contributed by atoms with Crippen LogP contribution in [0.4, 0.5) is 10.1 Å². The Bertz CT molecular complexity index is 1020. The number of thiophene rings is 1. The Kier molecular flexibility index (Phi) is 3.59. The minimum Gasteiger partial charge on any atom is -0.337 e. The Morgan fingerprint density at radius 1 is 1.08 bits per heavy atom. The molecular weight excluding hydrogens is 325 g/mol. The Labute approximate surface area is 141 Å². The van der Waals surface area contributed by atoms with E-state index in [9.17, 15) is 9.18 Å². The first-order chi connectivity index (χ1) is 11.7. The molecule has 0 bridgehead atoms. The van der Waals surface area contributed by atoms with Crippen LogP contribution in [-0.4, -0.2) is 15.9 Å². The molecule has 2 aromatic heterocycles. The van der Waals surface area contributed by atoms with Crippen molar-refractivity contribution in [2.24, 2.45) is 0 Å². The van der Waals surface area contributed by atoms with Crippen LogP contribution in [0.3, 0.4) is 0 Å². The number of H-pyrrole nitrogens is 1. The van der Waals surface area contributed by atoms with Gasteiger partial charge in [-0.25, -0.2) is 9.37 Å². The number of fused-ring (bicyclic) bond motifs is 1. The average Bonchev–Trinajstić information content (AvgIpc) is 3.25. The van der Waals surface area contributed by atoms with Gasteiger partial charge in [0, 0.05) is 0 Å². The predicted octanol–water partition coefficient (Wildman–Crippen LogP) is 4.68. The van der Waals surface area contributed by atoms with Gasteiger partial charge in [-0.3, -0.25) is 4.79 Å². The molecule has 0 aliphatic carbocycles. The fourth-order valence-electron chi connectivity index (χ4n) is 2.50. The number of hydrogen-bond donors (Lipinski definition) is 2. The van der Waals surface area contributed by atoms with Gasteiger partial charge in [-0.05, 0) is 35.7 Å². The number of halogens is 1. The molecule has 4 nitrogen and oxygen atoms in total. The van der Waals surface area contributed by atoms with Crippen LogP contribution in [0.15, 0.2) is 60.0 Å². The Morgan fingerprint density at radius 3 is 2.75 bits per heavy atom. The highest BCUT2D eigenvalue weighted by molar-refractivity contribution is 7.13. The molecule has 24 heavy (non-hydrogen) atoms. The Hall–Kier alpha value is -2.99. The number of carbonyl (C=O) groups excluding carboxylic acids is 1. The van der Waals surface area contributed by atoms with E-state index in [0.717, 1.165) is 10.4 Å². The van der Waals surface area contributed by atoms with E-state index in [1.165, 1.54) is 12.1 Å². The monoisotopic (exact) mass is 337 g/mol. The van der Waals surface area contributed by atoms with Crippen molar-refractivity contribution in [1.82, 2.24) is 9.97 Å². The number of rotatable bonds is 3. The average molecular weight is 337 g/mol. The van der Waals surface area contributed by atoms with Gasteiger partial charge < -0.3 is 10.3 Å². The summed E-state index contributed by atoms with van der Waals surface area (Å²) in [7, 11) is 0. The third kappa shape index (κ3) is 2.57. The summed E-state index contributed by atoms with van der Waals surface area (Å²) in [6, 6.07) is 15.3. The fraction of sp³-hybridized carbons (Fsp3) is 0. The van der Waals surface area contributed by atoms with Crippen molar-refractivity contribution in [2.75, 3.05) is 5.32 Å². The van der Waals surface area contributed by atoms with E-state index in [2.05, 4.69) is 15.3 Å². The topological polar surface area (TPSA) is 57.8 Å². The lowest BCUT2D eigenvalue weighted by molar-refractivity contribution is 0.102. The largest absolute Gasteiger partial charge is 0.337 e. The van der Waals surface area contributed by atoms with Crippen LogP contribution in [0.2, 0.25) is 0 Å². The summed E-state index contributed by atoms with van der Waals surface area (Å²) in [6.07, 6.45) is 0. The normalized spacial score (nSPS) is 10.9. The number of aromatic nitrogens is 2. The zero-order valence-electron chi connectivity index (χ0n) is 12.4. The van der Waals surface area contributed by atoms with Gasteiger partial charge in [-0.2, -0.15) is 0 Å². The van der Waals surface area contributed by atoms with E-state index in [4.69, 9.17) is 0 Å². The number of para-hydroxylation sites is 2. The van der Waals surface area contributed by atoms with Gasteiger partial charge in [-0.15, -0.1) is 11.3 Å². The highest BCUT2D eigenvalue weighted by Crippen LogP contribution is 2.26. The number of aromatic amines is 1. The van der Waals surface area contributed by atoms with Crippen molar-refractivity contribution >= 4 is 34.0 Å². The highest BCUT2D eigenvalue weighted by atomic mass is 32.1. The lowest BCUT2D eigenvalue weighted by Crippen LogP contribution is -2.13. The van der Waals surface area contributed by atoms with Crippen LogP contribution in [-0.2, 0) is 0 Å². The first-order valence-electron chi connectivity index (χ1n) is 7.31. The third-order valence-electron chi connectivity index (χ3n) is 3.63. The number of imidazole rings is 1. The molecule has 0 fully saturated rings. The van der Waals surface area contributed by atoms with Crippen molar-refractivity contribution in [3.8, 4) is 10.7 Å². The Balaban J connectivity index is 1.74. The number of benzene rings is 2. The summed E-state index contributed by atoms with van der Waals surface area (Å²) in [4.78, 5) is 21.3.